The Kier molecular flexibility index (Phi) is 3.75. The third-order valence-electron chi connectivity index (χ3n) is 2.48. The van der Waals surface area contributed by atoms with Gasteiger partial charge in [0.15, 0.2) is 0 Å². The first-order valence-corrected chi connectivity index (χ1v) is 6.21. The van der Waals surface area contributed by atoms with Gasteiger partial charge >= 0.3 is 5.69 Å². The van der Waals surface area contributed by atoms with E-state index in [1.165, 1.54) is 11.3 Å². The zero-order valence-corrected chi connectivity index (χ0v) is 10.8. The van der Waals surface area contributed by atoms with E-state index in [0.29, 0.717) is 12.6 Å². The largest absolute Gasteiger partial charge is 0.378 e. The first-order chi connectivity index (χ1) is 8.97. The Bertz CT molecular complexity index is 628. The van der Waals surface area contributed by atoms with Crippen molar-refractivity contribution in [3.63, 3.8) is 0 Å². The van der Waals surface area contributed by atoms with Crippen molar-refractivity contribution >= 4 is 22.7 Å². The summed E-state index contributed by atoms with van der Waals surface area (Å²) in [6, 6.07) is 5.18. The number of nitrogens with zero attached hydrogens (tertiary/aromatic N) is 1. The summed E-state index contributed by atoms with van der Waals surface area (Å²) in [6.45, 7) is 2.27. The summed E-state index contributed by atoms with van der Waals surface area (Å²) in [4.78, 5) is 11.8. The number of rotatable bonds is 4. The highest BCUT2D eigenvalue weighted by molar-refractivity contribution is 7.11. The molecule has 0 fully saturated rings. The van der Waals surface area contributed by atoms with E-state index in [4.69, 9.17) is 0 Å². The van der Waals surface area contributed by atoms with Crippen LogP contribution in [-0.4, -0.2) is 4.92 Å². The zero-order chi connectivity index (χ0) is 14.0. The average Bonchev–Trinajstić information content (AvgIpc) is 2.73. The third kappa shape index (κ3) is 3.05. The fourth-order valence-corrected chi connectivity index (χ4v) is 2.41. The molecule has 4 nitrogen and oxygen atoms in total. The number of aryl methyl sites for hydroxylation is 1. The van der Waals surface area contributed by atoms with E-state index in [1.807, 2.05) is 19.1 Å². The predicted molar refractivity (Wildman–Crippen MR) is 69.4 cm³/mol. The van der Waals surface area contributed by atoms with Gasteiger partial charge in [0.2, 0.25) is 5.82 Å². The van der Waals surface area contributed by atoms with Crippen molar-refractivity contribution in [3.8, 4) is 0 Å². The molecule has 0 radical (unpaired) electrons. The highest BCUT2D eigenvalue weighted by atomic mass is 32.1. The Hall–Kier alpha value is -2.02. The molecule has 1 N–H and O–H groups in total. The van der Waals surface area contributed by atoms with E-state index in [2.05, 4.69) is 5.32 Å². The second kappa shape index (κ2) is 5.31. The van der Waals surface area contributed by atoms with Crippen molar-refractivity contribution in [2.75, 3.05) is 5.32 Å². The number of nitro groups is 1. The molecule has 0 aliphatic heterocycles. The Balaban J connectivity index is 2.20. The molecule has 0 aliphatic rings. The third-order valence-corrected chi connectivity index (χ3v) is 3.48. The van der Waals surface area contributed by atoms with E-state index in [9.17, 15) is 18.9 Å². The second-order valence-corrected chi connectivity index (χ2v) is 5.28. The molecular weight excluding hydrogens is 274 g/mol. The predicted octanol–water partition coefficient (Wildman–Crippen LogP) is 3.86. The van der Waals surface area contributed by atoms with Gasteiger partial charge in [-0.25, -0.2) is 4.39 Å². The van der Waals surface area contributed by atoms with Crippen molar-refractivity contribution in [2.24, 2.45) is 0 Å². The maximum atomic E-state index is 13.5. The number of nitro benzene ring substituents is 1. The topological polar surface area (TPSA) is 55.2 Å². The Morgan fingerprint density at radius 3 is 2.63 bits per heavy atom. The quantitative estimate of drug-likeness (QED) is 0.685. The van der Waals surface area contributed by atoms with Crippen molar-refractivity contribution in [3.05, 3.63) is 55.8 Å². The van der Waals surface area contributed by atoms with Crippen LogP contribution >= 0.6 is 11.3 Å². The fourth-order valence-electron chi connectivity index (χ4n) is 1.58. The van der Waals surface area contributed by atoms with Crippen LogP contribution in [-0.2, 0) is 6.54 Å². The molecule has 0 unspecified atom stereocenters. The summed E-state index contributed by atoms with van der Waals surface area (Å²) >= 11 is 1.53. The minimum absolute atomic E-state index is 0.0841. The van der Waals surface area contributed by atoms with Crippen molar-refractivity contribution in [1.82, 2.24) is 0 Å². The van der Waals surface area contributed by atoms with Gasteiger partial charge in [-0.05, 0) is 19.1 Å². The zero-order valence-electron chi connectivity index (χ0n) is 9.94. The van der Waals surface area contributed by atoms with Gasteiger partial charge in [-0.15, -0.1) is 11.3 Å². The molecule has 100 valence electrons. The molecule has 0 saturated carbocycles. The molecule has 2 rings (SSSR count). The molecule has 1 aromatic carbocycles. The van der Waals surface area contributed by atoms with Gasteiger partial charge in [0.1, 0.15) is 5.82 Å². The summed E-state index contributed by atoms with van der Waals surface area (Å²) in [5, 5.41) is 13.3. The van der Waals surface area contributed by atoms with E-state index in [1.54, 1.807) is 0 Å². The van der Waals surface area contributed by atoms with E-state index < -0.39 is 22.2 Å². The minimum Gasteiger partial charge on any atom is -0.378 e. The van der Waals surface area contributed by atoms with Crippen LogP contribution < -0.4 is 5.32 Å². The number of nitrogens with one attached hydrogen (secondary N) is 1. The standard InChI is InChI=1S/C12H10F2N2O2S/c1-7-2-3-8(19-7)6-15-11-5-12(16(17)18)10(14)4-9(11)13/h2-5,15H,6H2,1H3. The number of hydrogen-bond acceptors (Lipinski definition) is 4. The van der Waals surface area contributed by atoms with Crippen LogP contribution in [0.3, 0.4) is 0 Å². The normalized spacial score (nSPS) is 10.5. The minimum atomic E-state index is -1.18. The fraction of sp³-hybridized carbons (Fsp3) is 0.167. The maximum absolute atomic E-state index is 13.5. The molecule has 7 heteroatoms. The summed E-state index contributed by atoms with van der Waals surface area (Å²) in [7, 11) is 0. The molecule has 0 spiro atoms. The number of hydrogen-bond donors (Lipinski definition) is 1. The summed E-state index contributed by atoms with van der Waals surface area (Å²) < 4.78 is 26.6. The van der Waals surface area contributed by atoms with Gasteiger partial charge in [0.05, 0.1) is 10.6 Å². The second-order valence-electron chi connectivity index (χ2n) is 3.91. The molecule has 0 bridgehead atoms. The number of anilines is 1. The number of benzene rings is 1. The molecule has 1 aromatic heterocycles. The van der Waals surface area contributed by atoms with Gasteiger partial charge in [-0.1, -0.05) is 0 Å². The molecule has 0 saturated heterocycles. The van der Waals surface area contributed by atoms with Crippen LogP contribution in [0.4, 0.5) is 20.2 Å². The lowest BCUT2D eigenvalue weighted by atomic mass is 10.2. The molecule has 19 heavy (non-hydrogen) atoms. The SMILES string of the molecule is Cc1ccc(CNc2cc([N+](=O)[O-])c(F)cc2F)s1. The summed E-state index contributed by atoms with van der Waals surface area (Å²) in [5.41, 5.74) is -0.828. The Morgan fingerprint density at radius 2 is 2.05 bits per heavy atom. The van der Waals surface area contributed by atoms with Crippen molar-refractivity contribution in [1.29, 1.82) is 0 Å². The lowest BCUT2D eigenvalue weighted by molar-refractivity contribution is -0.387. The van der Waals surface area contributed by atoms with E-state index in [0.717, 1.165) is 15.8 Å². The maximum Gasteiger partial charge on any atom is 0.307 e. The lowest BCUT2D eigenvalue weighted by Crippen LogP contribution is -2.02. The average molecular weight is 284 g/mol. The van der Waals surface area contributed by atoms with Crippen LogP contribution in [0.2, 0.25) is 0 Å². The van der Waals surface area contributed by atoms with Gasteiger partial charge in [-0.3, -0.25) is 10.1 Å². The first kappa shape index (κ1) is 13.4. The van der Waals surface area contributed by atoms with Gasteiger partial charge < -0.3 is 5.32 Å². The Labute approximate surface area is 111 Å². The van der Waals surface area contributed by atoms with Crippen LogP contribution in [0.1, 0.15) is 9.75 Å². The number of halogens is 2. The van der Waals surface area contributed by atoms with Crippen LogP contribution in [0.15, 0.2) is 24.3 Å². The highest BCUT2D eigenvalue weighted by Crippen LogP contribution is 2.26. The van der Waals surface area contributed by atoms with Crippen LogP contribution in [0.25, 0.3) is 0 Å². The van der Waals surface area contributed by atoms with Crippen LogP contribution in [0, 0.1) is 28.7 Å². The molecule has 2 aromatic rings. The molecule has 0 atom stereocenters. The Morgan fingerprint density at radius 1 is 1.32 bits per heavy atom. The van der Waals surface area contributed by atoms with E-state index >= 15 is 0 Å². The smallest absolute Gasteiger partial charge is 0.307 e. The van der Waals surface area contributed by atoms with Gasteiger partial charge in [0, 0.05) is 28.4 Å². The first-order valence-electron chi connectivity index (χ1n) is 5.40. The molecule has 0 aliphatic carbocycles. The molecule has 1 heterocycles. The monoisotopic (exact) mass is 284 g/mol. The van der Waals surface area contributed by atoms with Gasteiger partial charge in [0.25, 0.3) is 0 Å². The van der Waals surface area contributed by atoms with Crippen molar-refractivity contribution < 1.29 is 13.7 Å². The summed E-state index contributed by atoms with van der Waals surface area (Å²) in [5.74, 6) is -2.03. The van der Waals surface area contributed by atoms with E-state index in [-0.39, 0.29) is 5.69 Å². The summed E-state index contributed by atoms with van der Waals surface area (Å²) in [6.07, 6.45) is 0. The lowest BCUT2D eigenvalue weighted by Gasteiger charge is -2.06. The highest BCUT2D eigenvalue weighted by Gasteiger charge is 2.18. The molecular formula is C12H10F2N2O2S. The van der Waals surface area contributed by atoms with Gasteiger partial charge in [-0.2, -0.15) is 4.39 Å². The number of thiophene rings is 1. The molecule has 0 amide bonds. The van der Waals surface area contributed by atoms with Crippen LogP contribution in [0.5, 0.6) is 0 Å². The van der Waals surface area contributed by atoms with Crippen molar-refractivity contribution in [2.45, 2.75) is 13.5 Å².